The molecular formula is C39H28N8O13S2-2. The van der Waals surface area contributed by atoms with Crippen molar-refractivity contribution in [1.29, 1.82) is 0 Å². The van der Waals surface area contributed by atoms with Crippen LogP contribution < -0.4 is 21.3 Å². The van der Waals surface area contributed by atoms with Gasteiger partial charge in [-0.2, -0.15) is 10.2 Å². The molecule has 0 saturated heterocycles. The highest BCUT2D eigenvalue weighted by molar-refractivity contribution is 7.86. The molecule has 0 spiro atoms. The van der Waals surface area contributed by atoms with Crippen molar-refractivity contribution in [3.05, 3.63) is 132 Å². The molecule has 0 heterocycles. The molecule has 0 bridgehead atoms. The van der Waals surface area contributed by atoms with E-state index < -0.39 is 59.2 Å². The number of urea groups is 1. The number of carbonyl (C=O) groups is 3. The molecule has 0 radical (unpaired) electrons. The van der Waals surface area contributed by atoms with E-state index in [1.807, 2.05) is 0 Å². The maximum absolute atomic E-state index is 13.0. The summed E-state index contributed by atoms with van der Waals surface area (Å²) < 4.78 is 73.1. The van der Waals surface area contributed by atoms with Crippen molar-refractivity contribution < 1.29 is 60.8 Å². The second-order valence-corrected chi connectivity index (χ2v) is 15.4. The van der Waals surface area contributed by atoms with Crippen molar-refractivity contribution >= 4 is 83.6 Å². The van der Waals surface area contributed by atoms with Gasteiger partial charge in [-0.05, 0) is 109 Å². The van der Waals surface area contributed by atoms with E-state index in [-0.39, 0.29) is 68.2 Å². The molecule has 0 unspecified atom stereocenters. The average Bonchev–Trinajstić information content (AvgIpc) is 3.21. The van der Waals surface area contributed by atoms with E-state index in [4.69, 9.17) is 0 Å². The first-order chi connectivity index (χ1) is 29.3. The van der Waals surface area contributed by atoms with Gasteiger partial charge in [0, 0.05) is 34.6 Å². The lowest BCUT2D eigenvalue weighted by Gasteiger charge is -2.17. The molecule has 8 N–H and O–H groups in total. The molecule has 0 aliphatic rings. The predicted octanol–water partition coefficient (Wildman–Crippen LogP) is 7.30. The summed E-state index contributed by atoms with van der Waals surface area (Å²) in [6, 6.07) is 23.0. The smallest absolute Gasteiger partial charge is 0.323 e. The summed E-state index contributed by atoms with van der Waals surface area (Å²) in [5.41, 5.74) is -0.698. The number of carbonyl (C=O) groups excluding carboxylic acids is 3. The van der Waals surface area contributed by atoms with Crippen LogP contribution in [0, 0.1) is 0 Å². The molecule has 6 aromatic carbocycles. The van der Waals surface area contributed by atoms with E-state index in [0.29, 0.717) is 0 Å². The Morgan fingerprint density at radius 3 is 1.16 bits per heavy atom. The number of hydrogen-bond donors (Lipinski definition) is 8. The number of nitrogens with zero attached hydrogens (tertiary/aromatic N) is 4. The van der Waals surface area contributed by atoms with E-state index in [2.05, 4.69) is 41.7 Å². The molecule has 0 aromatic heterocycles. The van der Waals surface area contributed by atoms with Gasteiger partial charge in [0.2, 0.25) is 0 Å². The number of nitrogens with one attached hydrogen (secondary N) is 4. The highest BCUT2D eigenvalue weighted by Gasteiger charge is 2.18. The Kier molecular flexibility index (Phi) is 12.5. The van der Waals surface area contributed by atoms with E-state index in [0.717, 1.165) is 48.5 Å². The standard InChI is InChI=1S/C39H30N8O13S2/c48-27-11-15-29(33(50)19-27)46-44-23-5-1-21(2-6-23)37(52)42-31-13-9-25(17-35(31)61(55,56)57)40-39(54)41-26-10-14-32(36(18-26)62(58,59)60)43-38(53)22-3-7-24(8-4-22)45-47-30-16-12-28(49)20-34(30)51/h1-20,48-51H,(H,42,52)(H,43,53)(H2,40,41,54)(H,55,56,57)(H,58,59,60)/p-2. The summed E-state index contributed by atoms with van der Waals surface area (Å²) in [5.74, 6) is -2.66. The summed E-state index contributed by atoms with van der Waals surface area (Å²) in [4.78, 5) is 37.0. The van der Waals surface area contributed by atoms with Gasteiger partial charge in [-0.3, -0.25) is 9.59 Å². The maximum Gasteiger partial charge on any atom is 0.323 e. The van der Waals surface area contributed by atoms with Crippen LogP contribution >= 0.6 is 0 Å². The van der Waals surface area contributed by atoms with Gasteiger partial charge in [0.05, 0.1) is 32.5 Å². The second-order valence-electron chi connectivity index (χ2n) is 12.7. The Morgan fingerprint density at radius 1 is 0.452 bits per heavy atom. The molecule has 62 heavy (non-hydrogen) atoms. The predicted molar refractivity (Wildman–Crippen MR) is 218 cm³/mol. The fraction of sp³-hybridized carbons (Fsp3) is 0. The van der Waals surface area contributed by atoms with Crippen LogP contribution in [0.25, 0.3) is 0 Å². The first kappa shape index (κ1) is 43.3. The lowest BCUT2D eigenvalue weighted by atomic mass is 10.2. The zero-order valence-electron chi connectivity index (χ0n) is 31.1. The molecule has 0 fully saturated rings. The molecule has 0 saturated carbocycles. The molecule has 6 rings (SSSR count). The summed E-state index contributed by atoms with van der Waals surface area (Å²) >= 11 is 0. The number of azo groups is 2. The van der Waals surface area contributed by atoms with Gasteiger partial charge in [0.25, 0.3) is 11.8 Å². The molecular weight excluding hydrogens is 853 g/mol. The van der Waals surface area contributed by atoms with Crippen molar-refractivity contribution in [1.82, 2.24) is 0 Å². The van der Waals surface area contributed by atoms with E-state index >= 15 is 0 Å². The van der Waals surface area contributed by atoms with Crippen LogP contribution in [0.5, 0.6) is 23.0 Å². The van der Waals surface area contributed by atoms with Gasteiger partial charge in [-0.25, -0.2) is 21.6 Å². The molecule has 0 aliphatic heterocycles. The summed E-state index contributed by atoms with van der Waals surface area (Å²) in [6.07, 6.45) is 0. The average molecular weight is 881 g/mol. The van der Waals surface area contributed by atoms with Crippen LogP contribution in [0.15, 0.2) is 152 Å². The number of rotatable bonds is 12. The minimum absolute atomic E-state index is 0.0151. The lowest BCUT2D eigenvalue weighted by Crippen LogP contribution is -2.21. The second kappa shape index (κ2) is 17.9. The zero-order chi connectivity index (χ0) is 44.8. The van der Waals surface area contributed by atoms with Crippen molar-refractivity contribution in [2.75, 3.05) is 21.3 Å². The molecule has 316 valence electrons. The first-order valence-corrected chi connectivity index (χ1v) is 20.1. The van der Waals surface area contributed by atoms with Gasteiger partial charge in [-0.1, -0.05) is 0 Å². The molecule has 0 aliphatic carbocycles. The topological polar surface area (TPSA) is 344 Å². The van der Waals surface area contributed by atoms with Crippen molar-refractivity contribution in [2.24, 2.45) is 20.5 Å². The van der Waals surface area contributed by atoms with E-state index in [1.54, 1.807) is 0 Å². The quantitative estimate of drug-likeness (QED) is 0.0442. The Bertz CT molecular complexity index is 2820. The normalized spacial score (nSPS) is 11.6. The Morgan fingerprint density at radius 2 is 0.823 bits per heavy atom. The van der Waals surface area contributed by atoms with Crippen molar-refractivity contribution in [3.8, 4) is 23.0 Å². The van der Waals surface area contributed by atoms with E-state index in [9.17, 15) is 60.8 Å². The van der Waals surface area contributed by atoms with Gasteiger partial charge >= 0.3 is 6.03 Å². The number of hydrogen-bond acceptors (Lipinski definition) is 17. The van der Waals surface area contributed by atoms with Crippen molar-refractivity contribution in [2.45, 2.75) is 9.79 Å². The third kappa shape index (κ3) is 11.1. The monoisotopic (exact) mass is 880 g/mol. The minimum Gasteiger partial charge on any atom is -0.744 e. The Hall–Kier alpha value is -8.25. The third-order valence-electron chi connectivity index (χ3n) is 8.24. The van der Waals surface area contributed by atoms with Gasteiger partial charge < -0.3 is 50.8 Å². The Labute approximate surface area is 350 Å². The number of phenols is 4. The summed E-state index contributed by atoms with van der Waals surface area (Å²) in [6.45, 7) is 0. The summed E-state index contributed by atoms with van der Waals surface area (Å²) in [5, 5.41) is 63.3. The zero-order valence-corrected chi connectivity index (χ0v) is 32.7. The third-order valence-corrected chi connectivity index (χ3v) is 9.99. The van der Waals surface area contributed by atoms with Gasteiger partial charge in [0.1, 0.15) is 54.6 Å². The van der Waals surface area contributed by atoms with E-state index in [1.165, 1.54) is 72.8 Å². The fourth-order valence-corrected chi connectivity index (χ4v) is 6.60. The number of aromatic hydroxyl groups is 4. The SMILES string of the molecule is O=C(Nc1ccc(NC(=O)c2ccc(N=Nc3ccc(O)cc3O)cc2)c(S(=O)(=O)[O-])c1)Nc1ccc(NC(=O)c2ccc(N=Nc3ccc(O)cc3O)cc2)c(S(=O)(=O)[O-])c1. The van der Waals surface area contributed by atoms with Gasteiger partial charge in [-0.15, -0.1) is 10.2 Å². The van der Waals surface area contributed by atoms with Crippen LogP contribution in [-0.2, 0) is 20.2 Å². The first-order valence-electron chi connectivity index (χ1n) is 17.3. The molecule has 23 heteroatoms. The number of anilines is 4. The van der Waals surface area contributed by atoms with Crippen LogP contribution in [-0.4, -0.2) is 64.2 Å². The van der Waals surface area contributed by atoms with Crippen LogP contribution in [0.1, 0.15) is 20.7 Å². The molecule has 6 aromatic rings. The Balaban J connectivity index is 1.10. The van der Waals surface area contributed by atoms with Crippen molar-refractivity contribution in [3.63, 3.8) is 0 Å². The molecule has 4 amide bonds. The van der Waals surface area contributed by atoms with Crippen LogP contribution in [0.2, 0.25) is 0 Å². The van der Waals surface area contributed by atoms with Gasteiger partial charge in [0.15, 0.2) is 0 Å². The van der Waals surface area contributed by atoms with Crippen LogP contribution in [0.3, 0.4) is 0 Å². The minimum atomic E-state index is -5.26. The lowest BCUT2D eigenvalue weighted by molar-refractivity contribution is 0.101. The number of benzene rings is 6. The number of phenolic OH excluding ortho intramolecular Hbond substituents is 4. The molecule has 0 atom stereocenters. The fourth-order valence-electron chi connectivity index (χ4n) is 5.28. The summed E-state index contributed by atoms with van der Waals surface area (Å²) in [7, 11) is -10.5. The van der Waals surface area contributed by atoms with Crippen LogP contribution in [0.4, 0.5) is 50.3 Å². The highest BCUT2D eigenvalue weighted by Crippen LogP contribution is 2.33. The highest BCUT2D eigenvalue weighted by atomic mass is 32.2. The number of amides is 4. The molecule has 21 nitrogen and oxygen atoms in total. The maximum atomic E-state index is 13.0. The largest absolute Gasteiger partial charge is 0.744 e.